The molecule has 6 nitrogen and oxygen atoms in total. The van der Waals surface area contributed by atoms with E-state index in [9.17, 15) is 4.79 Å². The van der Waals surface area contributed by atoms with Gasteiger partial charge in [-0.3, -0.25) is 9.69 Å². The van der Waals surface area contributed by atoms with Crippen molar-refractivity contribution in [3.05, 3.63) is 54.1 Å². The lowest BCUT2D eigenvalue weighted by molar-refractivity contribution is 0.0342. The van der Waals surface area contributed by atoms with Crippen molar-refractivity contribution in [1.29, 1.82) is 0 Å². The van der Waals surface area contributed by atoms with Crippen molar-refractivity contribution in [1.82, 2.24) is 14.9 Å². The van der Waals surface area contributed by atoms with Crippen LogP contribution in [0.1, 0.15) is 16.1 Å². The molecular weight excluding hydrogens is 280 g/mol. The normalized spacial score (nSPS) is 15.5. The summed E-state index contributed by atoms with van der Waals surface area (Å²) in [5, 5.41) is 2.86. The molecule has 1 N–H and O–H groups in total. The molecule has 2 aromatic rings. The predicted molar refractivity (Wildman–Crippen MR) is 82.5 cm³/mol. The van der Waals surface area contributed by atoms with E-state index in [2.05, 4.69) is 26.3 Å². The number of hydrogen-bond acceptors (Lipinski definition) is 5. The number of hydrogen-bond donors (Lipinski definition) is 1. The quantitative estimate of drug-likeness (QED) is 0.928. The molecule has 22 heavy (non-hydrogen) atoms. The Balaban J connectivity index is 1.64. The van der Waals surface area contributed by atoms with E-state index in [0.29, 0.717) is 5.69 Å². The smallest absolute Gasteiger partial charge is 0.274 e. The summed E-state index contributed by atoms with van der Waals surface area (Å²) in [5.41, 5.74) is 2.30. The lowest BCUT2D eigenvalue weighted by Crippen LogP contribution is -2.35. The largest absolute Gasteiger partial charge is 0.379 e. The molecule has 2 heterocycles. The molecule has 1 aliphatic rings. The molecule has 0 saturated carbocycles. The SMILES string of the molecule is O=C(Nc1cccc(CN2CCOCC2)c1)c1ccncn1. The van der Waals surface area contributed by atoms with Crippen molar-refractivity contribution < 1.29 is 9.53 Å². The summed E-state index contributed by atoms with van der Waals surface area (Å²) < 4.78 is 5.35. The minimum atomic E-state index is -0.231. The highest BCUT2D eigenvalue weighted by Crippen LogP contribution is 2.14. The Bertz CT molecular complexity index is 627. The third-order valence-electron chi connectivity index (χ3n) is 3.51. The summed E-state index contributed by atoms with van der Waals surface area (Å²) in [6.45, 7) is 4.31. The maximum atomic E-state index is 12.1. The van der Waals surface area contributed by atoms with Crippen LogP contribution in [0.5, 0.6) is 0 Å². The summed E-state index contributed by atoms with van der Waals surface area (Å²) in [5.74, 6) is -0.231. The van der Waals surface area contributed by atoms with E-state index in [1.165, 1.54) is 11.9 Å². The number of morpholine rings is 1. The summed E-state index contributed by atoms with van der Waals surface area (Å²) in [6.07, 6.45) is 2.92. The molecule has 6 heteroatoms. The number of amides is 1. The summed E-state index contributed by atoms with van der Waals surface area (Å²) >= 11 is 0. The molecule has 1 amide bonds. The van der Waals surface area contributed by atoms with Crippen molar-refractivity contribution in [2.45, 2.75) is 6.54 Å². The van der Waals surface area contributed by atoms with Gasteiger partial charge in [-0.1, -0.05) is 12.1 Å². The summed E-state index contributed by atoms with van der Waals surface area (Å²) in [7, 11) is 0. The Morgan fingerprint density at radius 2 is 2.14 bits per heavy atom. The maximum absolute atomic E-state index is 12.1. The van der Waals surface area contributed by atoms with Gasteiger partial charge in [-0.25, -0.2) is 9.97 Å². The van der Waals surface area contributed by atoms with Crippen LogP contribution >= 0.6 is 0 Å². The standard InChI is InChI=1S/C16H18N4O2/c21-16(15-4-5-17-12-18-15)19-14-3-1-2-13(10-14)11-20-6-8-22-9-7-20/h1-5,10,12H,6-9,11H2,(H,19,21). The molecule has 1 aromatic carbocycles. The van der Waals surface area contributed by atoms with E-state index in [4.69, 9.17) is 4.74 Å². The Hall–Kier alpha value is -2.31. The number of ether oxygens (including phenoxy) is 1. The number of nitrogens with zero attached hydrogens (tertiary/aromatic N) is 3. The van der Waals surface area contributed by atoms with Gasteiger partial charge in [0, 0.05) is 31.5 Å². The van der Waals surface area contributed by atoms with E-state index in [-0.39, 0.29) is 5.91 Å². The fraction of sp³-hybridized carbons (Fsp3) is 0.312. The third kappa shape index (κ3) is 3.87. The number of carbonyl (C=O) groups is 1. The highest BCUT2D eigenvalue weighted by atomic mass is 16.5. The summed E-state index contributed by atoms with van der Waals surface area (Å²) in [6, 6.07) is 9.48. The Labute approximate surface area is 129 Å². The van der Waals surface area contributed by atoms with Crippen LogP contribution in [0.3, 0.4) is 0 Å². The van der Waals surface area contributed by atoms with Crippen LogP contribution in [0.25, 0.3) is 0 Å². The second-order valence-electron chi connectivity index (χ2n) is 5.14. The fourth-order valence-electron chi connectivity index (χ4n) is 2.39. The number of rotatable bonds is 4. The number of anilines is 1. The molecule has 0 spiro atoms. The minimum absolute atomic E-state index is 0.231. The average Bonchev–Trinajstić information content (AvgIpc) is 2.57. The van der Waals surface area contributed by atoms with Crippen LogP contribution in [0, 0.1) is 0 Å². The topological polar surface area (TPSA) is 67.4 Å². The lowest BCUT2D eigenvalue weighted by Gasteiger charge is -2.26. The molecule has 114 valence electrons. The van der Waals surface area contributed by atoms with Crippen LogP contribution in [0.15, 0.2) is 42.9 Å². The van der Waals surface area contributed by atoms with Crippen molar-refractivity contribution in [3.63, 3.8) is 0 Å². The van der Waals surface area contributed by atoms with Crippen LogP contribution in [-0.4, -0.2) is 47.1 Å². The van der Waals surface area contributed by atoms with Crippen LogP contribution < -0.4 is 5.32 Å². The van der Waals surface area contributed by atoms with Crippen LogP contribution in [-0.2, 0) is 11.3 Å². The van der Waals surface area contributed by atoms with E-state index in [0.717, 1.165) is 38.5 Å². The Morgan fingerprint density at radius 3 is 2.91 bits per heavy atom. The molecule has 3 rings (SSSR count). The predicted octanol–water partition coefficient (Wildman–Crippen LogP) is 1.56. The maximum Gasteiger partial charge on any atom is 0.274 e. The fourth-order valence-corrected chi connectivity index (χ4v) is 2.39. The van der Waals surface area contributed by atoms with Crippen molar-refractivity contribution >= 4 is 11.6 Å². The number of carbonyl (C=O) groups excluding carboxylic acids is 1. The zero-order chi connectivity index (χ0) is 15.2. The first-order valence-corrected chi connectivity index (χ1v) is 7.28. The number of nitrogens with one attached hydrogen (secondary N) is 1. The van der Waals surface area contributed by atoms with Crippen molar-refractivity contribution in [3.8, 4) is 0 Å². The molecule has 0 atom stereocenters. The Kier molecular flexibility index (Phi) is 4.72. The van der Waals surface area contributed by atoms with Gasteiger partial charge >= 0.3 is 0 Å². The molecule has 1 aromatic heterocycles. The third-order valence-corrected chi connectivity index (χ3v) is 3.51. The van der Waals surface area contributed by atoms with Crippen molar-refractivity contribution in [2.75, 3.05) is 31.6 Å². The zero-order valence-electron chi connectivity index (χ0n) is 12.2. The highest BCUT2D eigenvalue weighted by molar-refractivity contribution is 6.02. The molecule has 1 fully saturated rings. The molecule has 0 aliphatic carbocycles. The van der Waals surface area contributed by atoms with E-state index in [1.54, 1.807) is 12.3 Å². The molecular formula is C16H18N4O2. The van der Waals surface area contributed by atoms with E-state index < -0.39 is 0 Å². The first-order chi connectivity index (χ1) is 10.8. The second kappa shape index (κ2) is 7.11. The van der Waals surface area contributed by atoms with Crippen molar-refractivity contribution in [2.24, 2.45) is 0 Å². The first-order valence-electron chi connectivity index (χ1n) is 7.28. The molecule has 0 unspecified atom stereocenters. The average molecular weight is 298 g/mol. The van der Waals surface area contributed by atoms with Gasteiger partial charge in [0.05, 0.1) is 13.2 Å². The minimum Gasteiger partial charge on any atom is -0.379 e. The van der Waals surface area contributed by atoms with E-state index >= 15 is 0 Å². The molecule has 1 saturated heterocycles. The van der Waals surface area contributed by atoms with Gasteiger partial charge in [0.1, 0.15) is 12.0 Å². The Morgan fingerprint density at radius 1 is 1.27 bits per heavy atom. The van der Waals surface area contributed by atoms with Gasteiger partial charge < -0.3 is 10.1 Å². The van der Waals surface area contributed by atoms with E-state index in [1.807, 2.05) is 18.2 Å². The molecule has 0 radical (unpaired) electrons. The van der Waals surface area contributed by atoms with Gasteiger partial charge in [-0.05, 0) is 23.8 Å². The van der Waals surface area contributed by atoms with Gasteiger partial charge in [0.2, 0.25) is 0 Å². The molecule has 1 aliphatic heterocycles. The molecule has 0 bridgehead atoms. The number of aromatic nitrogens is 2. The second-order valence-corrected chi connectivity index (χ2v) is 5.14. The highest BCUT2D eigenvalue weighted by Gasteiger charge is 2.11. The van der Waals surface area contributed by atoms with Crippen LogP contribution in [0.4, 0.5) is 5.69 Å². The van der Waals surface area contributed by atoms with Gasteiger partial charge in [-0.2, -0.15) is 0 Å². The van der Waals surface area contributed by atoms with Crippen LogP contribution in [0.2, 0.25) is 0 Å². The first kappa shape index (κ1) is 14.6. The van der Waals surface area contributed by atoms with Gasteiger partial charge in [0.15, 0.2) is 0 Å². The number of benzene rings is 1. The van der Waals surface area contributed by atoms with Gasteiger partial charge in [0.25, 0.3) is 5.91 Å². The zero-order valence-corrected chi connectivity index (χ0v) is 12.2. The monoisotopic (exact) mass is 298 g/mol. The lowest BCUT2D eigenvalue weighted by atomic mass is 10.1. The summed E-state index contributed by atoms with van der Waals surface area (Å²) in [4.78, 5) is 22.2. The van der Waals surface area contributed by atoms with Gasteiger partial charge in [-0.15, -0.1) is 0 Å².